The molecule has 0 aromatic rings. The Hall–Kier alpha value is -0.740. The number of alkyl halides is 3. The Bertz CT molecular complexity index is 247. The van der Waals surface area contributed by atoms with E-state index in [1.807, 2.05) is 6.92 Å². The summed E-state index contributed by atoms with van der Waals surface area (Å²) in [6.45, 7) is 7.02. The Morgan fingerprint density at radius 1 is 1.24 bits per heavy atom. The summed E-state index contributed by atoms with van der Waals surface area (Å²) in [5.74, 6) is -0.422. The van der Waals surface area contributed by atoms with Gasteiger partial charge >= 0.3 is 12.1 Å². The first kappa shape index (κ1) is 16.3. The molecule has 0 aliphatic rings. The molecule has 17 heavy (non-hydrogen) atoms. The molecule has 0 fully saturated rings. The average Bonchev–Trinajstić information content (AvgIpc) is 2.22. The SMILES string of the molecule is CCC(CCC(F)(F)F)OC(=O)C(C)(C)CC. The molecule has 5 heteroatoms. The van der Waals surface area contributed by atoms with Crippen LogP contribution in [-0.2, 0) is 9.53 Å². The molecule has 0 amide bonds. The molecule has 2 nitrogen and oxygen atoms in total. The van der Waals surface area contributed by atoms with E-state index in [0.717, 1.165) is 0 Å². The average molecular weight is 254 g/mol. The normalized spacial score (nSPS) is 14.5. The van der Waals surface area contributed by atoms with Crippen LogP contribution in [0.2, 0.25) is 0 Å². The number of halogens is 3. The third-order valence-corrected chi connectivity index (χ3v) is 2.92. The van der Waals surface area contributed by atoms with E-state index in [2.05, 4.69) is 0 Å². The van der Waals surface area contributed by atoms with Crippen LogP contribution in [0.5, 0.6) is 0 Å². The Morgan fingerprint density at radius 3 is 2.12 bits per heavy atom. The van der Waals surface area contributed by atoms with Gasteiger partial charge in [-0.25, -0.2) is 0 Å². The van der Waals surface area contributed by atoms with Crippen LogP contribution in [0, 0.1) is 5.41 Å². The van der Waals surface area contributed by atoms with Gasteiger partial charge in [0, 0.05) is 6.42 Å². The highest BCUT2D eigenvalue weighted by Gasteiger charge is 2.32. The number of carbonyl (C=O) groups is 1. The minimum Gasteiger partial charge on any atom is -0.462 e. The Kier molecular flexibility index (Phi) is 5.99. The van der Waals surface area contributed by atoms with E-state index in [-0.39, 0.29) is 6.42 Å². The standard InChI is InChI=1S/C12H21F3O2/c1-5-9(7-8-12(13,14)15)17-10(16)11(3,4)6-2/h9H,5-8H2,1-4H3. The van der Waals surface area contributed by atoms with Crippen molar-refractivity contribution in [3.8, 4) is 0 Å². The summed E-state index contributed by atoms with van der Waals surface area (Å²) < 4.78 is 41.3. The van der Waals surface area contributed by atoms with E-state index in [9.17, 15) is 18.0 Å². The van der Waals surface area contributed by atoms with Crippen LogP contribution in [0.3, 0.4) is 0 Å². The zero-order chi connectivity index (χ0) is 13.7. The number of hydrogen-bond donors (Lipinski definition) is 0. The molecule has 1 atom stereocenters. The fraction of sp³-hybridized carbons (Fsp3) is 0.917. The van der Waals surface area contributed by atoms with Gasteiger partial charge < -0.3 is 4.74 Å². The van der Waals surface area contributed by atoms with E-state index in [0.29, 0.717) is 12.8 Å². The minimum atomic E-state index is -4.19. The molecule has 0 spiro atoms. The van der Waals surface area contributed by atoms with Gasteiger partial charge in [0.25, 0.3) is 0 Å². The lowest BCUT2D eigenvalue weighted by atomic mass is 9.90. The maximum Gasteiger partial charge on any atom is 0.389 e. The highest BCUT2D eigenvalue weighted by atomic mass is 19.4. The largest absolute Gasteiger partial charge is 0.462 e. The number of carbonyl (C=O) groups excluding carboxylic acids is 1. The van der Waals surface area contributed by atoms with Crippen molar-refractivity contribution in [2.75, 3.05) is 0 Å². The van der Waals surface area contributed by atoms with Crippen molar-refractivity contribution >= 4 is 5.97 Å². The van der Waals surface area contributed by atoms with Crippen LogP contribution in [0.4, 0.5) is 13.2 Å². The Morgan fingerprint density at radius 2 is 1.76 bits per heavy atom. The molecule has 0 aliphatic carbocycles. The molecule has 0 saturated carbocycles. The predicted molar refractivity (Wildman–Crippen MR) is 59.5 cm³/mol. The van der Waals surface area contributed by atoms with Gasteiger partial charge in [0.15, 0.2) is 0 Å². The fourth-order valence-electron chi connectivity index (χ4n) is 1.13. The predicted octanol–water partition coefficient (Wildman–Crippen LogP) is 4.09. The molecule has 0 N–H and O–H groups in total. The lowest BCUT2D eigenvalue weighted by Crippen LogP contribution is -2.30. The van der Waals surface area contributed by atoms with Gasteiger partial charge in [0.2, 0.25) is 0 Å². The molecule has 1 unspecified atom stereocenters. The molecule has 102 valence electrons. The first-order valence-electron chi connectivity index (χ1n) is 5.90. The second-order valence-corrected chi connectivity index (χ2v) is 4.83. The summed E-state index contributed by atoms with van der Waals surface area (Å²) in [5, 5.41) is 0. The molecule has 0 heterocycles. The lowest BCUT2D eigenvalue weighted by molar-refractivity contribution is -0.166. The molecular formula is C12H21F3O2. The van der Waals surface area contributed by atoms with Crippen molar-refractivity contribution in [1.29, 1.82) is 0 Å². The van der Waals surface area contributed by atoms with Gasteiger partial charge in [-0.05, 0) is 33.1 Å². The highest BCUT2D eigenvalue weighted by Crippen LogP contribution is 2.27. The molecule has 0 rings (SSSR count). The van der Waals surface area contributed by atoms with Crippen LogP contribution >= 0.6 is 0 Å². The third kappa shape index (κ3) is 6.54. The number of ether oxygens (including phenoxy) is 1. The van der Waals surface area contributed by atoms with Crippen LogP contribution < -0.4 is 0 Å². The summed E-state index contributed by atoms with van der Waals surface area (Å²) in [6, 6.07) is 0. The minimum absolute atomic E-state index is 0.161. The molecular weight excluding hydrogens is 233 g/mol. The summed E-state index contributed by atoms with van der Waals surface area (Å²) in [6.07, 6.45) is -4.91. The fourth-order valence-corrected chi connectivity index (χ4v) is 1.13. The number of rotatable bonds is 6. The molecule has 0 radical (unpaired) electrons. The van der Waals surface area contributed by atoms with Gasteiger partial charge in [0.1, 0.15) is 6.10 Å². The van der Waals surface area contributed by atoms with E-state index in [1.54, 1.807) is 20.8 Å². The summed E-state index contributed by atoms with van der Waals surface area (Å²) in [5.41, 5.74) is -0.633. The van der Waals surface area contributed by atoms with Gasteiger partial charge in [-0.15, -0.1) is 0 Å². The van der Waals surface area contributed by atoms with Gasteiger partial charge in [-0.3, -0.25) is 4.79 Å². The maximum atomic E-state index is 12.0. The lowest BCUT2D eigenvalue weighted by Gasteiger charge is -2.25. The smallest absolute Gasteiger partial charge is 0.389 e. The first-order chi connectivity index (χ1) is 7.62. The van der Waals surface area contributed by atoms with Crippen LogP contribution in [0.1, 0.15) is 53.4 Å². The summed E-state index contributed by atoms with van der Waals surface area (Å²) in [4.78, 5) is 11.7. The van der Waals surface area contributed by atoms with Crippen molar-refractivity contribution < 1.29 is 22.7 Å². The molecule has 0 saturated heterocycles. The first-order valence-corrected chi connectivity index (χ1v) is 5.90. The zero-order valence-electron chi connectivity index (χ0n) is 10.9. The Balaban J connectivity index is 4.27. The second-order valence-electron chi connectivity index (χ2n) is 4.83. The van der Waals surface area contributed by atoms with E-state index < -0.39 is 30.1 Å². The molecule has 0 aromatic heterocycles. The van der Waals surface area contributed by atoms with Crippen molar-refractivity contribution in [2.24, 2.45) is 5.41 Å². The monoisotopic (exact) mass is 254 g/mol. The van der Waals surface area contributed by atoms with Crippen molar-refractivity contribution in [1.82, 2.24) is 0 Å². The van der Waals surface area contributed by atoms with Gasteiger partial charge in [0.05, 0.1) is 5.41 Å². The highest BCUT2D eigenvalue weighted by molar-refractivity contribution is 5.75. The second kappa shape index (κ2) is 6.26. The van der Waals surface area contributed by atoms with E-state index in [4.69, 9.17) is 4.74 Å². The molecule has 0 aromatic carbocycles. The van der Waals surface area contributed by atoms with Gasteiger partial charge in [-0.2, -0.15) is 13.2 Å². The zero-order valence-corrected chi connectivity index (χ0v) is 10.9. The molecule has 0 aliphatic heterocycles. The van der Waals surface area contributed by atoms with E-state index >= 15 is 0 Å². The van der Waals surface area contributed by atoms with Crippen molar-refractivity contribution in [3.05, 3.63) is 0 Å². The summed E-state index contributed by atoms with van der Waals surface area (Å²) in [7, 11) is 0. The summed E-state index contributed by atoms with van der Waals surface area (Å²) >= 11 is 0. The molecule has 0 bridgehead atoms. The quantitative estimate of drug-likeness (QED) is 0.667. The van der Waals surface area contributed by atoms with Crippen molar-refractivity contribution in [3.63, 3.8) is 0 Å². The Labute approximate surface area is 101 Å². The number of esters is 1. The van der Waals surface area contributed by atoms with E-state index in [1.165, 1.54) is 0 Å². The van der Waals surface area contributed by atoms with Gasteiger partial charge in [-0.1, -0.05) is 13.8 Å². The topological polar surface area (TPSA) is 26.3 Å². The maximum absolute atomic E-state index is 12.0. The number of hydrogen-bond acceptors (Lipinski definition) is 2. The van der Waals surface area contributed by atoms with Crippen LogP contribution in [0.15, 0.2) is 0 Å². The van der Waals surface area contributed by atoms with Crippen molar-refractivity contribution in [2.45, 2.75) is 65.7 Å². The third-order valence-electron chi connectivity index (χ3n) is 2.92. The van der Waals surface area contributed by atoms with Crippen LogP contribution in [-0.4, -0.2) is 18.2 Å². The van der Waals surface area contributed by atoms with Crippen LogP contribution in [0.25, 0.3) is 0 Å².